The molecular formula is C20H24N4O. The van der Waals surface area contributed by atoms with E-state index >= 15 is 0 Å². The molecule has 1 aliphatic heterocycles. The van der Waals surface area contributed by atoms with Crippen LogP contribution in [0, 0.1) is 5.41 Å². The van der Waals surface area contributed by atoms with Crippen LogP contribution in [-0.2, 0) is 12.8 Å². The molecule has 3 heterocycles. The van der Waals surface area contributed by atoms with E-state index in [4.69, 9.17) is 0 Å². The number of urea groups is 1. The monoisotopic (exact) mass is 336 g/mol. The van der Waals surface area contributed by atoms with Crippen LogP contribution >= 0.6 is 0 Å². The summed E-state index contributed by atoms with van der Waals surface area (Å²) in [6.45, 7) is 5.10. The highest BCUT2D eigenvalue weighted by Gasteiger charge is 2.49. The van der Waals surface area contributed by atoms with Gasteiger partial charge in [-0.15, -0.1) is 0 Å². The molecule has 130 valence electrons. The molecule has 2 aromatic rings. The van der Waals surface area contributed by atoms with Crippen molar-refractivity contribution in [2.24, 2.45) is 5.41 Å². The molecule has 1 aliphatic carbocycles. The number of hydrogen-bond acceptors (Lipinski definition) is 3. The number of pyridine rings is 2. The lowest BCUT2D eigenvalue weighted by Gasteiger charge is -2.54. The largest absolute Gasteiger partial charge is 0.323 e. The van der Waals surface area contributed by atoms with E-state index in [1.54, 1.807) is 6.20 Å². The van der Waals surface area contributed by atoms with E-state index < -0.39 is 0 Å². The number of rotatable bonds is 2. The summed E-state index contributed by atoms with van der Waals surface area (Å²) in [5, 5.41) is 2.99. The number of amides is 2. The van der Waals surface area contributed by atoms with Crippen molar-refractivity contribution in [3.8, 4) is 0 Å². The summed E-state index contributed by atoms with van der Waals surface area (Å²) in [4.78, 5) is 23.3. The molecule has 1 atom stereocenters. The zero-order chi connectivity index (χ0) is 17.4. The van der Waals surface area contributed by atoms with Gasteiger partial charge in [-0.05, 0) is 54.5 Å². The predicted octanol–water partition coefficient (Wildman–Crippen LogP) is 3.97. The van der Waals surface area contributed by atoms with Crippen LogP contribution in [-0.4, -0.2) is 27.4 Å². The lowest BCUT2D eigenvalue weighted by atomic mass is 9.72. The molecule has 0 radical (unpaired) electrons. The number of carbonyl (C=O) groups is 1. The molecule has 1 N–H and O–H groups in total. The van der Waals surface area contributed by atoms with Crippen molar-refractivity contribution in [1.82, 2.24) is 14.9 Å². The Kier molecular flexibility index (Phi) is 3.94. The van der Waals surface area contributed by atoms with Gasteiger partial charge < -0.3 is 4.90 Å². The van der Waals surface area contributed by atoms with Crippen LogP contribution < -0.4 is 5.32 Å². The van der Waals surface area contributed by atoms with Gasteiger partial charge in [-0.25, -0.2) is 9.78 Å². The Hall–Kier alpha value is -2.43. The van der Waals surface area contributed by atoms with E-state index in [1.807, 2.05) is 35.5 Å². The Labute approximate surface area is 148 Å². The van der Waals surface area contributed by atoms with Crippen LogP contribution in [0.3, 0.4) is 0 Å². The summed E-state index contributed by atoms with van der Waals surface area (Å²) in [6, 6.07) is 5.95. The Morgan fingerprint density at radius 3 is 2.76 bits per heavy atom. The van der Waals surface area contributed by atoms with Crippen LogP contribution in [0.25, 0.3) is 0 Å². The third kappa shape index (κ3) is 2.99. The Morgan fingerprint density at radius 2 is 2.04 bits per heavy atom. The van der Waals surface area contributed by atoms with Gasteiger partial charge in [-0.2, -0.15) is 0 Å². The minimum absolute atomic E-state index is 0.0406. The Morgan fingerprint density at radius 1 is 1.24 bits per heavy atom. The highest BCUT2D eigenvalue weighted by molar-refractivity contribution is 5.89. The second-order valence-electron chi connectivity index (χ2n) is 7.78. The third-order valence-corrected chi connectivity index (χ3v) is 5.35. The normalized spacial score (nSPS) is 21.2. The number of nitrogens with one attached hydrogen (secondary N) is 1. The summed E-state index contributed by atoms with van der Waals surface area (Å²) >= 11 is 0. The van der Waals surface area contributed by atoms with E-state index in [9.17, 15) is 4.79 Å². The van der Waals surface area contributed by atoms with Crippen molar-refractivity contribution in [2.75, 3.05) is 11.9 Å². The first-order chi connectivity index (χ1) is 12.0. The first kappa shape index (κ1) is 16.1. The van der Waals surface area contributed by atoms with Gasteiger partial charge in [0.1, 0.15) is 5.82 Å². The number of carbonyl (C=O) groups excluding carboxylic acids is 1. The summed E-state index contributed by atoms with van der Waals surface area (Å²) in [5.74, 6) is 0.653. The van der Waals surface area contributed by atoms with Crippen LogP contribution in [0.5, 0.6) is 0 Å². The van der Waals surface area contributed by atoms with E-state index in [1.165, 1.54) is 24.0 Å². The second kappa shape index (κ2) is 6.14. The topological polar surface area (TPSA) is 58.1 Å². The zero-order valence-electron chi connectivity index (χ0n) is 14.8. The lowest BCUT2D eigenvalue weighted by Crippen LogP contribution is -2.59. The quantitative estimate of drug-likeness (QED) is 0.903. The fourth-order valence-corrected chi connectivity index (χ4v) is 4.15. The van der Waals surface area contributed by atoms with E-state index in [0.717, 1.165) is 24.9 Å². The van der Waals surface area contributed by atoms with Gasteiger partial charge in [0.2, 0.25) is 0 Å². The molecule has 5 nitrogen and oxygen atoms in total. The summed E-state index contributed by atoms with van der Waals surface area (Å²) < 4.78 is 0. The van der Waals surface area contributed by atoms with Crippen LogP contribution in [0.4, 0.5) is 10.6 Å². The molecular weight excluding hydrogens is 312 g/mol. The molecule has 0 unspecified atom stereocenters. The van der Waals surface area contributed by atoms with Crippen molar-refractivity contribution in [3.05, 3.63) is 53.5 Å². The van der Waals surface area contributed by atoms with Crippen molar-refractivity contribution >= 4 is 11.8 Å². The molecule has 0 bridgehead atoms. The van der Waals surface area contributed by atoms with Crippen molar-refractivity contribution in [1.29, 1.82) is 0 Å². The molecule has 5 heteroatoms. The van der Waals surface area contributed by atoms with E-state index in [0.29, 0.717) is 5.82 Å². The van der Waals surface area contributed by atoms with Crippen molar-refractivity contribution < 1.29 is 4.79 Å². The van der Waals surface area contributed by atoms with Gasteiger partial charge in [-0.3, -0.25) is 10.3 Å². The number of aromatic nitrogens is 2. The van der Waals surface area contributed by atoms with Gasteiger partial charge in [0.05, 0.1) is 6.04 Å². The summed E-state index contributed by atoms with van der Waals surface area (Å²) in [5.41, 5.74) is 3.77. The summed E-state index contributed by atoms with van der Waals surface area (Å²) in [6.07, 6.45) is 10.2. The molecule has 25 heavy (non-hydrogen) atoms. The summed E-state index contributed by atoms with van der Waals surface area (Å²) in [7, 11) is 0. The van der Waals surface area contributed by atoms with Crippen LogP contribution in [0.2, 0.25) is 0 Å². The van der Waals surface area contributed by atoms with Crippen LogP contribution in [0.1, 0.15) is 49.4 Å². The molecule has 4 rings (SSSR count). The average Bonchev–Trinajstić information content (AvgIpc) is 2.60. The van der Waals surface area contributed by atoms with Gasteiger partial charge in [0, 0.05) is 30.6 Å². The molecule has 2 amide bonds. The minimum Gasteiger partial charge on any atom is -0.316 e. The Balaban J connectivity index is 1.51. The highest BCUT2D eigenvalue weighted by atomic mass is 16.2. The number of hydrogen-bond donors (Lipinski definition) is 1. The molecule has 0 aromatic carbocycles. The smallest absolute Gasteiger partial charge is 0.316 e. The number of nitrogens with zero attached hydrogens (tertiary/aromatic N) is 3. The van der Waals surface area contributed by atoms with Crippen molar-refractivity contribution in [3.63, 3.8) is 0 Å². The maximum absolute atomic E-state index is 12.8. The molecule has 2 aliphatic rings. The van der Waals surface area contributed by atoms with Gasteiger partial charge in [-0.1, -0.05) is 19.9 Å². The fourth-order valence-electron chi connectivity index (χ4n) is 4.15. The number of aryl methyl sites for hydroxylation is 2. The van der Waals surface area contributed by atoms with Gasteiger partial charge in [0.25, 0.3) is 0 Å². The SMILES string of the molecule is CC1(C)CN(C(=O)Nc2cc3c(cn2)CCCC3)[C@@H]1c1cccnc1. The van der Waals surface area contributed by atoms with Gasteiger partial charge >= 0.3 is 6.03 Å². The minimum atomic E-state index is -0.0866. The third-order valence-electron chi connectivity index (χ3n) is 5.35. The average molecular weight is 336 g/mol. The number of likely N-dealkylation sites (tertiary alicyclic amines) is 1. The van der Waals surface area contributed by atoms with Crippen LogP contribution in [0.15, 0.2) is 36.8 Å². The molecule has 1 fully saturated rings. The predicted molar refractivity (Wildman–Crippen MR) is 97.4 cm³/mol. The molecule has 1 saturated heterocycles. The standard InChI is InChI=1S/C20H24N4O/c1-20(2)13-24(18(20)16-8-5-9-21-11-16)19(25)23-17-10-14-6-3-4-7-15(14)12-22-17/h5,8-12,18H,3-4,6-7,13H2,1-2H3,(H,22,23,25)/t18-/m1/s1. The molecule has 0 spiro atoms. The molecule has 0 saturated carbocycles. The lowest BCUT2D eigenvalue weighted by molar-refractivity contribution is -0.0117. The highest BCUT2D eigenvalue weighted by Crippen LogP contribution is 2.48. The Bertz CT molecular complexity index is 788. The van der Waals surface area contributed by atoms with Gasteiger partial charge in [0.15, 0.2) is 0 Å². The van der Waals surface area contributed by atoms with E-state index in [-0.39, 0.29) is 17.5 Å². The van der Waals surface area contributed by atoms with E-state index in [2.05, 4.69) is 29.1 Å². The number of anilines is 1. The first-order valence-corrected chi connectivity index (χ1v) is 9.00. The fraction of sp³-hybridized carbons (Fsp3) is 0.450. The van der Waals surface area contributed by atoms with Crippen molar-refractivity contribution in [2.45, 2.75) is 45.6 Å². The first-order valence-electron chi connectivity index (χ1n) is 9.00. The molecule has 2 aromatic heterocycles. The second-order valence-corrected chi connectivity index (χ2v) is 7.78. The maximum atomic E-state index is 12.8. The zero-order valence-corrected chi connectivity index (χ0v) is 14.8. The number of fused-ring (bicyclic) bond motifs is 1. The maximum Gasteiger partial charge on any atom is 0.323 e.